The average molecular weight is 452 g/mol. The van der Waals surface area contributed by atoms with Gasteiger partial charge >= 0.3 is 5.97 Å². The molecule has 4 rings (SSSR count). The van der Waals surface area contributed by atoms with E-state index in [0.717, 1.165) is 42.1 Å². The summed E-state index contributed by atoms with van der Waals surface area (Å²) in [5.74, 6) is -0.0638. The summed E-state index contributed by atoms with van der Waals surface area (Å²) in [4.78, 5) is 18.5. The normalized spacial score (nSPS) is 12.9. The van der Waals surface area contributed by atoms with Crippen molar-refractivity contribution in [2.24, 2.45) is 0 Å². The summed E-state index contributed by atoms with van der Waals surface area (Å²) in [5.41, 5.74) is 4.02. The molecule has 0 radical (unpaired) electrons. The Balaban J connectivity index is 1.43. The largest absolute Gasteiger partial charge is 0.466 e. The molecule has 3 aromatic rings. The Kier molecular flexibility index (Phi) is 7.17. The summed E-state index contributed by atoms with van der Waals surface area (Å²) in [6, 6.07) is 15.4. The van der Waals surface area contributed by atoms with Crippen LogP contribution in [0, 0.1) is 11.6 Å². The second kappa shape index (κ2) is 10.4. The fourth-order valence-electron chi connectivity index (χ4n) is 3.97. The van der Waals surface area contributed by atoms with Crippen LogP contribution in [0.3, 0.4) is 0 Å². The molecule has 0 atom stereocenters. The molecule has 0 bridgehead atoms. The Bertz CT molecular complexity index is 1120. The minimum atomic E-state index is -0.356. The van der Waals surface area contributed by atoms with Crippen LogP contribution >= 0.6 is 0 Å². The number of carbonyl (C=O) groups is 1. The summed E-state index contributed by atoms with van der Waals surface area (Å²) in [6.45, 7) is 3.33. The predicted molar refractivity (Wildman–Crippen MR) is 125 cm³/mol. The van der Waals surface area contributed by atoms with Crippen LogP contribution in [0.5, 0.6) is 0 Å². The molecule has 0 saturated carbocycles. The first-order valence-electron chi connectivity index (χ1n) is 11.2. The van der Waals surface area contributed by atoms with Gasteiger partial charge in [-0.2, -0.15) is 0 Å². The summed E-state index contributed by atoms with van der Waals surface area (Å²) < 4.78 is 32.7. The molecule has 172 valence electrons. The molecule has 1 aliphatic heterocycles. The van der Waals surface area contributed by atoms with Crippen LogP contribution < -0.4 is 10.2 Å². The molecule has 0 aliphatic carbocycles. The number of rotatable bonds is 8. The fourth-order valence-corrected chi connectivity index (χ4v) is 3.97. The number of esters is 1. The van der Waals surface area contributed by atoms with Crippen molar-refractivity contribution < 1.29 is 18.3 Å². The fraction of sp³-hybridized carbons (Fsp3) is 0.308. The first kappa shape index (κ1) is 22.7. The van der Waals surface area contributed by atoms with Gasteiger partial charge in [-0.3, -0.25) is 4.79 Å². The van der Waals surface area contributed by atoms with Crippen molar-refractivity contribution >= 4 is 23.2 Å². The molecule has 0 amide bonds. The summed E-state index contributed by atoms with van der Waals surface area (Å²) in [6.07, 6.45) is 2.41. The van der Waals surface area contributed by atoms with Gasteiger partial charge in [0.05, 0.1) is 18.8 Å². The molecule has 7 heteroatoms. The number of ether oxygens (including phenoxy) is 1. The third-order valence-corrected chi connectivity index (χ3v) is 5.67. The Morgan fingerprint density at radius 1 is 1.12 bits per heavy atom. The number of aryl methyl sites for hydroxylation is 2. The van der Waals surface area contributed by atoms with Crippen LogP contribution in [0.4, 0.5) is 26.0 Å². The molecular weight excluding hydrogens is 424 g/mol. The highest BCUT2D eigenvalue weighted by atomic mass is 19.1. The average Bonchev–Trinajstić information content (AvgIpc) is 2.82. The maximum atomic E-state index is 14.5. The Morgan fingerprint density at radius 2 is 1.94 bits per heavy atom. The van der Waals surface area contributed by atoms with Gasteiger partial charge in [0.25, 0.3) is 0 Å². The van der Waals surface area contributed by atoms with Crippen LogP contribution in [0.15, 0.2) is 54.6 Å². The van der Waals surface area contributed by atoms with Crippen molar-refractivity contribution in [1.82, 2.24) is 4.98 Å². The number of nitrogens with one attached hydrogen (secondary N) is 1. The molecule has 2 heterocycles. The Labute approximate surface area is 192 Å². The summed E-state index contributed by atoms with van der Waals surface area (Å²) in [7, 11) is 0. The van der Waals surface area contributed by atoms with Crippen LogP contribution in [-0.4, -0.2) is 24.1 Å². The minimum absolute atomic E-state index is 0.154. The Hall–Kier alpha value is -3.48. The van der Waals surface area contributed by atoms with Gasteiger partial charge in [0.1, 0.15) is 17.5 Å². The van der Waals surface area contributed by atoms with E-state index in [1.807, 2.05) is 6.07 Å². The van der Waals surface area contributed by atoms with Gasteiger partial charge in [0.2, 0.25) is 0 Å². The highest BCUT2D eigenvalue weighted by Crippen LogP contribution is 2.32. The van der Waals surface area contributed by atoms with E-state index >= 15 is 0 Å². The first-order chi connectivity index (χ1) is 16.0. The van der Waals surface area contributed by atoms with Crippen LogP contribution in [0.25, 0.3) is 0 Å². The molecule has 33 heavy (non-hydrogen) atoms. The third-order valence-electron chi connectivity index (χ3n) is 5.67. The van der Waals surface area contributed by atoms with E-state index in [0.29, 0.717) is 30.8 Å². The summed E-state index contributed by atoms with van der Waals surface area (Å²) >= 11 is 0. The monoisotopic (exact) mass is 451 g/mol. The molecule has 1 N–H and O–H groups in total. The zero-order valence-electron chi connectivity index (χ0n) is 18.6. The molecule has 0 unspecified atom stereocenters. The van der Waals surface area contributed by atoms with Crippen molar-refractivity contribution in [2.75, 3.05) is 23.4 Å². The summed E-state index contributed by atoms with van der Waals surface area (Å²) in [5, 5.41) is 3.22. The number of nitrogens with zero attached hydrogens (tertiary/aromatic N) is 2. The van der Waals surface area contributed by atoms with Gasteiger partial charge < -0.3 is 15.0 Å². The maximum Gasteiger partial charge on any atom is 0.306 e. The molecule has 0 fully saturated rings. The lowest BCUT2D eigenvalue weighted by atomic mass is 10.0. The van der Waals surface area contributed by atoms with Gasteiger partial charge in [-0.15, -0.1) is 0 Å². The van der Waals surface area contributed by atoms with Gasteiger partial charge in [0, 0.05) is 24.3 Å². The van der Waals surface area contributed by atoms with Gasteiger partial charge in [-0.05, 0) is 79.8 Å². The zero-order valence-corrected chi connectivity index (χ0v) is 18.6. The Morgan fingerprint density at radius 3 is 2.70 bits per heavy atom. The second-order valence-corrected chi connectivity index (χ2v) is 7.98. The zero-order chi connectivity index (χ0) is 23.2. The number of hydrogen-bond donors (Lipinski definition) is 1. The number of hydrogen-bond acceptors (Lipinski definition) is 5. The van der Waals surface area contributed by atoms with E-state index in [1.54, 1.807) is 31.2 Å². The quantitative estimate of drug-likeness (QED) is 0.455. The molecular formula is C26H27F2N3O2. The number of carbonyl (C=O) groups excluding carboxylic acids is 1. The number of aromatic nitrogens is 1. The van der Waals surface area contributed by atoms with Crippen molar-refractivity contribution in [1.29, 1.82) is 0 Å². The number of anilines is 3. The van der Waals surface area contributed by atoms with E-state index < -0.39 is 0 Å². The highest BCUT2D eigenvalue weighted by Gasteiger charge is 2.20. The molecule has 0 spiro atoms. The van der Waals surface area contributed by atoms with Gasteiger partial charge in [-0.1, -0.05) is 12.1 Å². The topological polar surface area (TPSA) is 54.5 Å². The number of pyridine rings is 1. The molecule has 1 aromatic heterocycles. The van der Waals surface area contributed by atoms with Crippen molar-refractivity contribution in [2.45, 2.75) is 39.2 Å². The van der Waals surface area contributed by atoms with Crippen molar-refractivity contribution in [3.8, 4) is 0 Å². The van der Waals surface area contributed by atoms with Gasteiger partial charge in [0.15, 0.2) is 0 Å². The van der Waals surface area contributed by atoms with Crippen LogP contribution in [0.2, 0.25) is 0 Å². The minimum Gasteiger partial charge on any atom is -0.466 e. The second-order valence-electron chi connectivity index (χ2n) is 7.98. The van der Waals surface area contributed by atoms with Crippen molar-refractivity contribution in [3.63, 3.8) is 0 Å². The third kappa shape index (κ3) is 5.66. The number of fused-ring (bicyclic) bond motifs is 1. The number of benzene rings is 2. The first-order valence-corrected chi connectivity index (χ1v) is 11.2. The molecule has 1 aliphatic rings. The maximum absolute atomic E-state index is 14.5. The standard InChI is InChI=1S/C26H27F2N3O2/c1-2-33-25(32)14-7-18-5-10-21(16-24(18)28)29-17-22-11-6-19-4-3-15-31(26(19)30-22)23-12-8-20(27)9-13-23/h5-6,8-13,16,29H,2-4,7,14-15,17H2,1H3. The van der Waals surface area contributed by atoms with Crippen LogP contribution in [-0.2, 0) is 28.9 Å². The van der Waals surface area contributed by atoms with E-state index in [9.17, 15) is 13.6 Å². The highest BCUT2D eigenvalue weighted by molar-refractivity contribution is 5.69. The molecule has 5 nitrogen and oxygen atoms in total. The van der Waals surface area contributed by atoms with E-state index in [1.165, 1.54) is 18.2 Å². The molecule has 0 saturated heterocycles. The smallest absolute Gasteiger partial charge is 0.306 e. The lowest BCUT2D eigenvalue weighted by molar-refractivity contribution is -0.143. The SMILES string of the molecule is CCOC(=O)CCc1ccc(NCc2ccc3c(n2)N(c2ccc(F)cc2)CCC3)cc1F. The lowest BCUT2D eigenvalue weighted by Gasteiger charge is -2.30. The van der Waals surface area contributed by atoms with E-state index in [-0.39, 0.29) is 24.0 Å². The van der Waals surface area contributed by atoms with E-state index in [4.69, 9.17) is 9.72 Å². The predicted octanol–water partition coefficient (Wildman–Crippen LogP) is 5.55. The number of halogens is 2. The lowest BCUT2D eigenvalue weighted by Crippen LogP contribution is -2.26. The van der Waals surface area contributed by atoms with Crippen molar-refractivity contribution in [3.05, 3.63) is 83.1 Å². The van der Waals surface area contributed by atoms with Crippen LogP contribution in [0.1, 0.15) is 36.6 Å². The van der Waals surface area contributed by atoms with Gasteiger partial charge in [-0.25, -0.2) is 13.8 Å². The molecule has 2 aromatic carbocycles. The van der Waals surface area contributed by atoms with E-state index in [2.05, 4.69) is 16.3 Å².